The molecule has 0 saturated carbocycles. The summed E-state index contributed by atoms with van der Waals surface area (Å²) in [4.78, 5) is 74.0. The maximum Gasteiger partial charge on any atom is 0.245 e. The molecule has 0 aliphatic carbocycles. The third kappa shape index (κ3) is 14.6. The third-order valence-electron chi connectivity index (χ3n) is 11.1. The summed E-state index contributed by atoms with van der Waals surface area (Å²) < 4.78 is 36.5. The van der Waals surface area contributed by atoms with Crippen molar-refractivity contribution < 1.29 is 41.9 Å². The molecule has 17 heteroatoms. The predicted molar refractivity (Wildman–Crippen MR) is 230 cm³/mol. The second-order valence-corrected chi connectivity index (χ2v) is 18.9. The number of hydrogen-bond donors (Lipinski definition) is 4. The summed E-state index contributed by atoms with van der Waals surface area (Å²) in [5.74, 6) is -3.85. The first-order valence-corrected chi connectivity index (χ1v) is 22.4. The third-order valence-corrected chi connectivity index (χ3v) is 12.1. The molecule has 1 aromatic carbocycles. The number of carbonyl (C=O) groups is 5. The van der Waals surface area contributed by atoms with E-state index in [-0.39, 0.29) is 42.5 Å². The maximum absolute atomic E-state index is 14.2. The van der Waals surface area contributed by atoms with E-state index in [0.717, 1.165) is 17.4 Å². The summed E-state index contributed by atoms with van der Waals surface area (Å²) in [7, 11) is 4.55. The summed E-state index contributed by atoms with van der Waals surface area (Å²) in [5.41, 5.74) is 7.83. The van der Waals surface area contributed by atoms with Gasteiger partial charge in [0.25, 0.3) is 0 Å². The zero-order valence-corrected chi connectivity index (χ0v) is 38.2. The molecular weight excluding hydrogens is 779 g/mol. The normalized spacial score (nSPS) is 18.5. The first-order valence-electron chi connectivity index (χ1n) is 20.3. The van der Waals surface area contributed by atoms with Crippen LogP contribution < -0.4 is 21.7 Å². The van der Waals surface area contributed by atoms with Gasteiger partial charge in [-0.05, 0) is 70.3 Å². The number of rotatable bonds is 22. The van der Waals surface area contributed by atoms with Crippen LogP contribution in [0.4, 0.5) is 5.69 Å². The van der Waals surface area contributed by atoms with Gasteiger partial charge in [0.1, 0.15) is 21.9 Å². The Morgan fingerprint density at radius 2 is 1.53 bits per heavy atom. The van der Waals surface area contributed by atoms with Crippen LogP contribution in [-0.2, 0) is 49.8 Å². The predicted octanol–water partition coefficient (Wildman–Crippen LogP) is 1.98. The Hall–Kier alpha value is -4.06. The number of allylic oxidation sites excluding steroid dienone is 1. The molecule has 334 valence electrons. The van der Waals surface area contributed by atoms with Gasteiger partial charge in [0.15, 0.2) is 0 Å². The Morgan fingerprint density at radius 1 is 0.915 bits per heavy atom. The maximum atomic E-state index is 14.2. The molecule has 0 bridgehead atoms. The van der Waals surface area contributed by atoms with Gasteiger partial charge in [-0.15, -0.1) is 0 Å². The molecule has 0 radical (unpaired) electrons. The van der Waals surface area contributed by atoms with Gasteiger partial charge in [-0.1, -0.05) is 58.4 Å². The number of nitrogens with two attached hydrogens (primary N) is 1. The minimum absolute atomic E-state index is 0.00631. The van der Waals surface area contributed by atoms with Gasteiger partial charge in [0, 0.05) is 46.3 Å². The highest BCUT2D eigenvalue weighted by molar-refractivity contribution is 7.90. The van der Waals surface area contributed by atoms with Crippen LogP contribution in [0.3, 0.4) is 0 Å². The van der Waals surface area contributed by atoms with Crippen molar-refractivity contribution >= 4 is 45.1 Å². The quantitative estimate of drug-likeness (QED) is 0.0980. The number of methoxy groups -OCH3 is 2. The standard InChI is InChI=1S/C42H71N7O9S/c1-14-27(6)37(48(10)42(54)35(25(2)3)46-41(53)36(26(4)5)47(8)9)33(57-11)22-34(50)49-21-15-16-32(49)38(58-12)28(7)39(51)45-31(24-59(13,55)56)40(52)44-23-29-17-19-30(43)20-18-29/h14,17-20,25-26,28,31-33,35-38H,15-16,21-24,43H2,1-13H3,(H,44,52)(H,45,51)(H,46,53)/b27-14-/t28-,31?,32+,33-,35+,36+,37+,38-/m1/s1. The van der Waals surface area contributed by atoms with Crippen molar-refractivity contribution in [3.05, 3.63) is 41.5 Å². The molecule has 1 fully saturated rings. The van der Waals surface area contributed by atoms with Gasteiger partial charge in [0.2, 0.25) is 29.5 Å². The van der Waals surface area contributed by atoms with Crippen LogP contribution in [0.15, 0.2) is 35.9 Å². The lowest BCUT2D eigenvalue weighted by Gasteiger charge is -2.39. The van der Waals surface area contributed by atoms with Crippen molar-refractivity contribution in [2.75, 3.05) is 59.6 Å². The monoisotopic (exact) mass is 850 g/mol. The molecule has 1 unspecified atom stereocenters. The Bertz CT molecular complexity index is 1710. The van der Waals surface area contributed by atoms with E-state index in [1.807, 2.05) is 66.6 Å². The Morgan fingerprint density at radius 3 is 2.02 bits per heavy atom. The van der Waals surface area contributed by atoms with E-state index < -0.39 is 75.7 Å². The highest BCUT2D eigenvalue weighted by Gasteiger charge is 2.43. The van der Waals surface area contributed by atoms with Crippen molar-refractivity contribution in [2.45, 2.75) is 117 Å². The van der Waals surface area contributed by atoms with Crippen LogP contribution in [-0.4, -0.2) is 149 Å². The number of amides is 5. The first-order chi connectivity index (χ1) is 27.5. The number of nitrogen functional groups attached to an aromatic ring is 1. The Balaban J connectivity index is 2.30. The molecule has 5 N–H and O–H groups in total. The molecule has 0 aromatic heterocycles. The zero-order chi connectivity index (χ0) is 44.9. The summed E-state index contributed by atoms with van der Waals surface area (Å²) in [6.45, 7) is 13.5. The zero-order valence-electron chi connectivity index (χ0n) is 37.4. The summed E-state index contributed by atoms with van der Waals surface area (Å²) >= 11 is 0. The van der Waals surface area contributed by atoms with Crippen LogP contribution in [0.2, 0.25) is 0 Å². The number of nitrogens with zero attached hydrogens (tertiary/aromatic N) is 3. The van der Waals surface area contributed by atoms with Gasteiger partial charge in [-0.2, -0.15) is 0 Å². The molecule has 16 nitrogen and oxygen atoms in total. The number of anilines is 1. The topological polar surface area (TPSA) is 210 Å². The van der Waals surface area contributed by atoms with E-state index in [1.54, 1.807) is 48.0 Å². The van der Waals surface area contributed by atoms with E-state index in [9.17, 15) is 32.4 Å². The second kappa shape index (κ2) is 23.1. The number of hydrogen-bond acceptors (Lipinski definition) is 11. The van der Waals surface area contributed by atoms with Crippen molar-refractivity contribution in [2.24, 2.45) is 17.8 Å². The molecule has 1 saturated heterocycles. The van der Waals surface area contributed by atoms with Crippen LogP contribution in [0, 0.1) is 17.8 Å². The average Bonchev–Trinajstić information content (AvgIpc) is 3.64. The number of ether oxygens (including phenoxy) is 2. The van der Waals surface area contributed by atoms with Crippen molar-refractivity contribution in [3.8, 4) is 0 Å². The van der Waals surface area contributed by atoms with Gasteiger partial charge in [0.05, 0.1) is 48.4 Å². The Kier molecular flexibility index (Phi) is 20.0. The molecule has 8 atom stereocenters. The molecule has 1 heterocycles. The molecule has 59 heavy (non-hydrogen) atoms. The lowest BCUT2D eigenvalue weighted by Crippen LogP contribution is -2.59. The van der Waals surface area contributed by atoms with E-state index in [2.05, 4.69) is 16.0 Å². The van der Waals surface area contributed by atoms with Crippen molar-refractivity contribution in [1.29, 1.82) is 0 Å². The number of nitrogens with one attached hydrogen (secondary N) is 3. The molecule has 5 amide bonds. The first kappa shape index (κ1) is 51.1. The molecule has 1 aromatic rings. The highest BCUT2D eigenvalue weighted by Crippen LogP contribution is 2.29. The minimum atomic E-state index is -3.69. The van der Waals surface area contributed by atoms with Crippen LogP contribution in [0.1, 0.15) is 73.3 Å². The number of benzene rings is 1. The highest BCUT2D eigenvalue weighted by atomic mass is 32.2. The Labute approximate surface area is 352 Å². The summed E-state index contributed by atoms with van der Waals surface area (Å²) in [6.07, 6.45) is 2.35. The molecule has 2 rings (SSSR count). The van der Waals surface area contributed by atoms with Crippen LogP contribution in [0.5, 0.6) is 0 Å². The fraction of sp³-hybridized carbons (Fsp3) is 0.690. The lowest BCUT2D eigenvalue weighted by atomic mass is 9.93. The SMILES string of the molecule is C/C=C(/C)[C@@H]([C@@H](CC(=O)N1CCC[C@H]1[C@H](OC)[C@@H](C)C(=O)NC(CS(C)(=O)=O)C(=O)NCc1ccc(N)cc1)OC)N(C)C(=O)[C@@H](NC(=O)[C@H](C(C)C)N(C)C)C(C)C. The van der Waals surface area contributed by atoms with Gasteiger partial charge in [-0.3, -0.25) is 28.9 Å². The van der Waals surface area contributed by atoms with Gasteiger partial charge < -0.3 is 41.0 Å². The largest absolute Gasteiger partial charge is 0.399 e. The van der Waals surface area contributed by atoms with Crippen LogP contribution in [0.25, 0.3) is 0 Å². The smallest absolute Gasteiger partial charge is 0.245 e. The fourth-order valence-corrected chi connectivity index (χ4v) is 8.74. The number of sulfone groups is 1. The number of likely N-dealkylation sites (tertiary alicyclic amines) is 1. The van der Waals surface area contributed by atoms with E-state index in [0.29, 0.717) is 25.1 Å². The van der Waals surface area contributed by atoms with Gasteiger partial charge in [-0.25, -0.2) is 8.42 Å². The molecule has 0 spiro atoms. The fourth-order valence-electron chi connectivity index (χ4n) is 7.90. The average molecular weight is 850 g/mol. The summed E-state index contributed by atoms with van der Waals surface area (Å²) in [6, 6.07) is 2.98. The number of likely N-dealkylation sites (N-methyl/N-ethyl adjacent to an activating group) is 2. The lowest BCUT2D eigenvalue weighted by molar-refractivity contribution is -0.145. The van der Waals surface area contributed by atoms with Gasteiger partial charge >= 0.3 is 0 Å². The van der Waals surface area contributed by atoms with Crippen molar-refractivity contribution in [1.82, 2.24) is 30.7 Å². The molecular formula is C42H71N7O9S. The molecule has 1 aliphatic rings. The van der Waals surface area contributed by atoms with Crippen molar-refractivity contribution in [3.63, 3.8) is 0 Å². The number of carbonyl (C=O) groups excluding carboxylic acids is 5. The van der Waals surface area contributed by atoms with E-state index >= 15 is 0 Å². The minimum Gasteiger partial charge on any atom is -0.399 e. The van der Waals surface area contributed by atoms with E-state index in [1.165, 1.54) is 14.2 Å². The van der Waals surface area contributed by atoms with Crippen LogP contribution >= 0.6 is 0 Å². The second-order valence-electron chi connectivity index (χ2n) is 16.7. The molecule has 1 aliphatic heterocycles. The summed E-state index contributed by atoms with van der Waals surface area (Å²) in [5, 5.41) is 8.30. The van der Waals surface area contributed by atoms with E-state index in [4.69, 9.17) is 15.2 Å².